The van der Waals surface area contributed by atoms with Gasteiger partial charge >= 0.3 is 0 Å². The molecule has 0 aromatic carbocycles. The van der Waals surface area contributed by atoms with Crippen molar-refractivity contribution < 1.29 is 4.42 Å². The Morgan fingerprint density at radius 3 is 3.00 bits per heavy atom. The molecule has 1 saturated carbocycles. The average Bonchev–Trinajstić information content (AvgIpc) is 2.88. The molecule has 2 nitrogen and oxygen atoms in total. The predicted molar refractivity (Wildman–Crippen MR) is 55.1 cm³/mol. The van der Waals surface area contributed by atoms with Gasteiger partial charge in [-0.25, -0.2) is 0 Å². The van der Waals surface area contributed by atoms with Crippen LogP contribution in [-0.2, 0) is 6.42 Å². The molecular weight excluding hydrogens is 174 g/mol. The Labute approximate surface area is 84.7 Å². The van der Waals surface area contributed by atoms with Crippen molar-refractivity contribution in [2.75, 3.05) is 6.54 Å². The van der Waals surface area contributed by atoms with E-state index in [1.807, 2.05) is 6.26 Å². The number of hydrogen-bond donors (Lipinski definition) is 1. The van der Waals surface area contributed by atoms with Gasteiger partial charge in [0.05, 0.1) is 6.26 Å². The Kier molecular flexibility index (Phi) is 2.09. The van der Waals surface area contributed by atoms with Gasteiger partial charge in [0.1, 0.15) is 5.76 Å². The first-order valence-electron chi connectivity index (χ1n) is 5.75. The molecule has 1 fully saturated rings. The lowest BCUT2D eigenvalue weighted by molar-refractivity contribution is 0.337. The molecule has 0 spiro atoms. The van der Waals surface area contributed by atoms with Gasteiger partial charge in [-0.1, -0.05) is 12.8 Å². The maximum Gasteiger partial charge on any atom is 0.109 e. The van der Waals surface area contributed by atoms with Crippen LogP contribution in [0.1, 0.15) is 43.0 Å². The Bertz CT molecular complexity index is 312. The summed E-state index contributed by atoms with van der Waals surface area (Å²) >= 11 is 0. The van der Waals surface area contributed by atoms with Gasteiger partial charge in [-0.2, -0.15) is 0 Å². The standard InChI is InChI=1S/C12H17NO/c1-2-4-9(3-1)12-10-6-8-14-11(10)5-7-13-12/h6,8-9,12-13H,1-5,7H2. The van der Waals surface area contributed by atoms with Crippen LogP contribution in [-0.4, -0.2) is 6.54 Å². The van der Waals surface area contributed by atoms with Gasteiger partial charge in [0.15, 0.2) is 0 Å². The van der Waals surface area contributed by atoms with E-state index in [1.165, 1.54) is 37.0 Å². The zero-order valence-corrected chi connectivity index (χ0v) is 8.46. The van der Waals surface area contributed by atoms with Gasteiger partial charge in [0.25, 0.3) is 0 Å². The normalized spacial score (nSPS) is 27.9. The third-order valence-corrected chi connectivity index (χ3v) is 3.70. The molecule has 3 rings (SSSR count). The molecule has 0 radical (unpaired) electrons. The van der Waals surface area contributed by atoms with E-state index in [0.717, 1.165) is 18.9 Å². The van der Waals surface area contributed by atoms with Crippen molar-refractivity contribution in [3.8, 4) is 0 Å². The molecule has 0 bridgehead atoms. The molecule has 1 aliphatic heterocycles. The quantitative estimate of drug-likeness (QED) is 0.738. The first-order chi connectivity index (χ1) is 6.95. The molecule has 2 aliphatic rings. The number of furan rings is 1. The second-order valence-electron chi connectivity index (χ2n) is 4.53. The maximum atomic E-state index is 5.51. The van der Waals surface area contributed by atoms with Crippen LogP contribution in [0.25, 0.3) is 0 Å². The highest BCUT2D eigenvalue weighted by Gasteiger charge is 2.30. The van der Waals surface area contributed by atoms with Gasteiger partial charge < -0.3 is 9.73 Å². The summed E-state index contributed by atoms with van der Waals surface area (Å²) in [5, 5.41) is 3.64. The fourth-order valence-electron chi connectivity index (χ4n) is 2.99. The second-order valence-corrected chi connectivity index (χ2v) is 4.53. The van der Waals surface area contributed by atoms with Crippen molar-refractivity contribution in [1.82, 2.24) is 5.32 Å². The van der Waals surface area contributed by atoms with Crippen molar-refractivity contribution in [3.63, 3.8) is 0 Å². The molecule has 1 aromatic heterocycles. The Hall–Kier alpha value is -0.760. The van der Waals surface area contributed by atoms with Crippen LogP contribution in [0.5, 0.6) is 0 Å². The molecule has 0 saturated heterocycles. The summed E-state index contributed by atoms with van der Waals surface area (Å²) < 4.78 is 5.51. The highest BCUT2D eigenvalue weighted by atomic mass is 16.3. The molecule has 2 heterocycles. The highest BCUT2D eigenvalue weighted by molar-refractivity contribution is 5.25. The summed E-state index contributed by atoms with van der Waals surface area (Å²) in [5.41, 5.74) is 1.43. The van der Waals surface area contributed by atoms with E-state index in [9.17, 15) is 0 Å². The molecule has 1 aliphatic carbocycles. The minimum atomic E-state index is 0.583. The molecule has 2 heteroatoms. The van der Waals surface area contributed by atoms with E-state index >= 15 is 0 Å². The lowest BCUT2D eigenvalue weighted by atomic mass is 9.89. The van der Waals surface area contributed by atoms with E-state index in [2.05, 4.69) is 11.4 Å². The number of rotatable bonds is 1. The van der Waals surface area contributed by atoms with Gasteiger partial charge in [-0.05, 0) is 24.8 Å². The lowest BCUT2D eigenvalue weighted by Crippen LogP contribution is -2.33. The summed E-state index contributed by atoms with van der Waals surface area (Å²) in [7, 11) is 0. The molecular formula is C12H17NO. The Morgan fingerprint density at radius 2 is 2.14 bits per heavy atom. The topological polar surface area (TPSA) is 25.2 Å². The first-order valence-corrected chi connectivity index (χ1v) is 5.75. The number of nitrogens with one attached hydrogen (secondary N) is 1. The molecule has 1 aromatic rings. The van der Waals surface area contributed by atoms with Crippen LogP contribution in [0.2, 0.25) is 0 Å². The second kappa shape index (κ2) is 3.43. The monoisotopic (exact) mass is 191 g/mol. The molecule has 0 amide bonds. The van der Waals surface area contributed by atoms with Crippen molar-refractivity contribution in [3.05, 3.63) is 23.7 Å². The van der Waals surface area contributed by atoms with Crippen LogP contribution in [0.3, 0.4) is 0 Å². The van der Waals surface area contributed by atoms with Crippen molar-refractivity contribution in [2.24, 2.45) is 5.92 Å². The van der Waals surface area contributed by atoms with Gasteiger partial charge in [-0.3, -0.25) is 0 Å². The largest absolute Gasteiger partial charge is 0.469 e. The average molecular weight is 191 g/mol. The van der Waals surface area contributed by atoms with Crippen molar-refractivity contribution in [2.45, 2.75) is 38.1 Å². The van der Waals surface area contributed by atoms with Crippen LogP contribution in [0.15, 0.2) is 16.7 Å². The maximum absolute atomic E-state index is 5.51. The van der Waals surface area contributed by atoms with Crippen LogP contribution in [0.4, 0.5) is 0 Å². The highest BCUT2D eigenvalue weighted by Crippen LogP contribution is 2.38. The van der Waals surface area contributed by atoms with Gasteiger partial charge in [-0.15, -0.1) is 0 Å². The van der Waals surface area contributed by atoms with E-state index in [0.29, 0.717) is 6.04 Å². The van der Waals surface area contributed by atoms with Crippen LogP contribution in [0, 0.1) is 5.92 Å². The van der Waals surface area contributed by atoms with Crippen LogP contribution < -0.4 is 5.32 Å². The zero-order valence-electron chi connectivity index (χ0n) is 8.46. The minimum absolute atomic E-state index is 0.583. The Balaban J connectivity index is 1.88. The summed E-state index contributed by atoms with van der Waals surface area (Å²) in [4.78, 5) is 0. The molecule has 14 heavy (non-hydrogen) atoms. The SMILES string of the molecule is c1cc2c(o1)CCNC2C1CCCC1. The molecule has 76 valence electrons. The van der Waals surface area contributed by atoms with E-state index in [4.69, 9.17) is 4.42 Å². The molecule has 1 unspecified atom stereocenters. The zero-order chi connectivity index (χ0) is 9.38. The van der Waals surface area contributed by atoms with E-state index in [-0.39, 0.29) is 0 Å². The fraction of sp³-hybridized carbons (Fsp3) is 0.667. The van der Waals surface area contributed by atoms with Crippen LogP contribution >= 0.6 is 0 Å². The van der Waals surface area contributed by atoms with Crippen molar-refractivity contribution >= 4 is 0 Å². The van der Waals surface area contributed by atoms with E-state index in [1.54, 1.807) is 0 Å². The third-order valence-electron chi connectivity index (χ3n) is 3.70. The van der Waals surface area contributed by atoms with E-state index < -0.39 is 0 Å². The lowest BCUT2D eigenvalue weighted by Gasteiger charge is -2.28. The number of hydrogen-bond acceptors (Lipinski definition) is 2. The summed E-state index contributed by atoms with van der Waals surface area (Å²) in [6, 6.07) is 2.74. The summed E-state index contributed by atoms with van der Waals surface area (Å²) in [6.45, 7) is 1.08. The minimum Gasteiger partial charge on any atom is -0.469 e. The molecule has 1 N–H and O–H groups in total. The van der Waals surface area contributed by atoms with Gasteiger partial charge in [0.2, 0.25) is 0 Å². The third kappa shape index (κ3) is 1.29. The number of fused-ring (bicyclic) bond motifs is 1. The van der Waals surface area contributed by atoms with Gasteiger partial charge in [0, 0.05) is 24.6 Å². The molecule has 1 atom stereocenters. The fourth-order valence-corrected chi connectivity index (χ4v) is 2.99. The summed E-state index contributed by atoms with van der Waals surface area (Å²) in [6.07, 6.45) is 8.52. The first kappa shape index (κ1) is 8.54. The van der Waals surface area contributed by atoms with Crippen molar-refractivity contribution in [1.29, 1.82) is 0 Å². The smallest absolute Gasteiger partial charge is 0.109 e. The summed E-state index contributed by atoms with van der Waals surface area (Å²) in [5.74, 6) is 2.08. The Morgan fingerprint density at radius 1 is 1.29 bits per heavy atom. The predicted octanol–water partition coefficient (Wildman–Crippen LogP) is 2.66.